The van der Waals surface area contributed by atoms with E-state index in [9.17, 15) is 43.5 Å². The Bertz CT molecular complexity index is 2380. The second-order valence-corrected chi connectivity index (χ2v) is 27.9. The summed E-state index contributed by atoms with van der Waals surface area (Å²) >= 11 is 0. The molecule has 0 aliphatic rings. The summed E-state index contributed by atoms with van der Waals surface area (Å²) < 4.78 is 61.0. The molecule has 566 valence electrons. The van der Waals surface area contributed by atoms with Gasteiger partial charge >= 0.3 is 33.6 Å². The number of carbonyl (C=O) groups is 3. The first-order valence-corrected chi connectivity index (χ1v) is 41.1. The molecule has 0 amide bonds. The molecule has 0 aromatic heterocycles. The lowest BCUT2D eigenvalue weighted by molar-refractivity contribution is -0.161. The summed E-state index contributed by atoms with van der Waals surface area (Å²) in [6, 6.07) is 0. The molecule has 0 rings (SSSR count). The smallest absolute Gasteiger partial charge is 0.463 e. The minimum absolute atomic E-state index is 0.0771. The van der Waals surface area contributed by atoms with E-state index < -0.39 is 91.5 Å². The van der Waals surface area contributed by atoms with Gasteiger partial charge in [0, 0.05) is 19.3 Å². The Morgan fingerprint density at radius 2 is 0.535 bits per heavy atom. The summed E-state index contributed by atoms with van der Waals surface area (Å²) in [5, 5.41) is 20.6. The van der Waals surface area contributed by atoms with Gasteiger partial charge in [-0.25, -0.2) is 9.13 Å². The number of ether oxygens (including phenoxy) is 3. The first-order chi connectivity index (χ1) is 48.2. The quantitative estimate of drug-likeness (QED) is 0.0146. The summed E-state index contributed by atoms with van der Waals surface area (Å²) in [6.45, 7) is 2.32. The summed E-state index contributed by atoms with van der Waals surface area (Å²) in [6.07, 6.45) is 89.2. The number of esters is 3. The third-order valence-electron chi connectivity index (χ3n) is 15.5. The number of hydrogen-bond donors (Lipinski definition) is 4. The maximum Gasteiger partial charge on any atom is 0.472 e. The van der Waals surface area contributed by atoms with E-state index in [1.54, 1.807) is 0 Å². The Hall–Kier alpha value is -4.57. The SMILES string of the molecule is CC/C=C\C/C=C\C/C=C\C/C=C\C/C=C\CCCCCCCCCCCCCCCCCC(=O)OCC(O)COP(=O)(O)OCC(O)COP(=O)(O)OCC(COC(=O)CCCCC/C=C\C/C=C\C/C=C\C/C=C\C/C=C\CC)OC(=O)CCCCCCC/C=C\C/C=C\CCC. The number of carbonyl (C=O) groups excluding carboxylic acids is 3. The fraction of sp³-hybridized carbons (Fsp3) is 0.667. The molecule has 99 heavy (non-hydrogen) atoms. The van der Waals surface area contributed by atoms with E-state index in [1.165, 1.54) is 77.0 Å². The lowest BCUT2D eigenvalue weighted by Gasteiger charge is -2.21. The Labute approximate surface area is 600 Å². The Kier molecular flexibility index (Phi) is 69.8. The van der Waals surface area contributed by atoms with Gasteiger partial charge in [0.25, 0.3) is 0 Å². The molecule has 5 unspecified atom stereocenters. The van der Waals surface area contributed by atoms with Crippen LogP contribution < -0.4 is 0 Å². The van der Waals surface area contributed by atoms with E-state index in [2.05, 4.69) is 167 Å². The van der Waals surface area contributed by atoms with Gasteiger partial charge in [0.05, 0.1) is 26.4 Å². The number of hydrogen-bond acceptors (Lipinski definition) is 14. The van der Waals surface area contributed by atoms with Crippen molar-refractivity contribution in [2.45, 2.75) is 309 Å². The van der Waals surface area contributed by atoms with Crippen LogP contribution in [-0.2, 0) is 55.8 Å². The monoisotopic (exact) mass is 1430 g/mol. The zero-order valence-electron chi connectivity index (χ0n) is 61.6. The van der Waals surface area contributed by atoms with Crippen molar-refractivity contribution in [2.75, 3.05) is 39.6 Å². The van der Waals surface area contributed by atoms with E-state index in [0.29, 0.717) is 19.3 Å². The van der Waals surface area contributed by atoms with Crippen molar-refractivity contribution < 1.29 is 75.8 Å². The van der Waals surface area contributed by atoms with Gasteiger partial charge in [-0.2, -0.15) is 0 Å². The van der Waals surface area contributed by atoms with Gasteiger partial charge in [0.1, 0.15) is 25.4 Å². The number of aliphatic hydroxyl groups excluding tert-OH is 2. The van der Waals surface area contributed by atoms with Crippen LogP contribution in [0.2, 0.25) is 0 Å². The minimum atomic E-state index is -4.94. The molecule has 18 heteroatoms. The fourth-order valence-corrected chi connectivity index (χ4v) is 11.4. The van der Waals surface area contributed by atoms with E-state index in [-0.39, 0.29) is 19.3 Å². The van der Waals surface area contributed by atoms with Crippen LogP contribution in [0.4, 0.5) is 0 Å². The third-order valence-corrected chi connectivity index (χ3v) is 17.4. The van der Waals surface area contributed by atoms with E-state index >= 15 is 0 Å². The fourth-order valence-electron chi connectivity index (χ4n) is 9.78. The van der Waals surface area contributed by atoms with Crippen LogP contribution in [0.25, 0.3) is 0 Å². The van der Waals surface area contributed by atoms with Crippen molar-refractivity contribution in [3.05, 3.63) is 146 Å². The highest BCUT2D eigenvalue weighted by Crippen LogP contribution is 2.45. The van der Waals surface area contributed by atoms with E-state index in [1.807, 2.05) is 0 Å². The van der Waals surface area contributed by atoms with Gasteiger partial charge < -0.3 is 34.2 Å². The van der Waals surface area contributed by atoms with Crippen LogP contribution in [0, 0.1) is 0 Å². The number of phosphoric ester groups is 2. The molecule has 5 atom stereocenters. The lowest BCUT2D eigenvalue weighted by Crippen LogP contribution is -2.30. The number of allylic oxidation sites excluding steroid dienone is 24. The van der Waals surface area contributed by atoms with Gasteiger partial charge in [0.2, 0.25) is 0 Å². The molecule has 16 nitrogen and oxygen atoms in total. The van der Waals surface area contributed by atoms with Crippen molar-refractivity contribution in [1.82, 2.24) is 0 Å². The topological polar surface area (TPSA) is 231 Å². The van der Waals surface area contributed by atoms with Gasteiger partial charge in [-0.1, -0.05) is 282 Å². The second kappa shape index (κ2) is 73.2. The van der Waals surface area contributed by atoms with Gasteiger partial charge in [-0.05, 0) is 135 Å². The Morgan fingerprint density at radius 1 is 0.293 bits per heavy atom. The van der Waals surface area contributed by atoms with Crippen LogP contribution >= 0.6 is 15.6 Å². The molecule has 0 heterocycles. The Balaban J connectivity index is 4.47. The molecule has 0 aliphatic carbocycles. The highest BCUT2D eigenvalue weighted by atomic mass is 31.2. The van der Waals surface area contributed by atoms with Crippen molar-refractivity contribution >= 4 is 33.6 Å². The van der Waals surface area contributed by atoms with Gasteiger partial charge in [-0.15, -0.1) is 0 Å². The Morgan fingerprint density at radius 3 is 0.859 bits per heavy atom. The summed E-state index contributed by atoms with van der Waals surface area (Å²) in [7, 11) is -9.80. The molecule has 0 fully saturated rings. The number of phosphoric acid groups is 2. The van der Waals surface area contributed by atoms with Crippen molar-refractivity contribution in [1.29, 1.82) is 0 Å². The minimum Gasteiger partial charge on any atom is -0.463 e. The molecule has 0 aromatic carbocycles. The molecule has 4 N–H and O–H groups in total. The van der Waals surface area contributed by atoms with Gasteiger partial charge in [-0.3, -0.25) is 32.5 Å². The number of unbranched alkanes of at least 4 members (excludes halogenated alkanes) is 24. The maximum atomic E-state index is 12.9. The maximum absolute atomic E-state index is 12.9. The van der Waals surface area contributed by atoms with Crippen LogP contribution in [-0.4, -0.2) is 95.9 Å². The third kappa shape index (κ3) is 74.4. The van der Waals surface area contributed by atoms with Crippen molar-refractivity contribution in [3.8, 4) is 0 Å². The lowest BCUT2D eigenvalue weighted by atomic mass is 10.0. The number of rotatable bonds is 71. The average Bonchev–Trinajstić information content (AvgIpc) is 1.02. The second-order valence-electron chi connectivity index (χ2n) is 25.0. The molecular formula is C81H136O16P2. The summed E-state index contributed by atoms with van der Waals surface area (Å²) in [5.41, 5.74) is 0. The van der Waals surface area contributed by atoms with E-state index in [0.717, 1.165) is 154 Å². The molecule has 0 spiro atoms. The molecule has 0 saturated heterocycles. The van der Waals surface area contributed by atoms with Gasteiger partial charge in [0.15, 0.2) is 6.10 Å². The van der Waals surface area contributed by atoms with Crippen LogP contribution in [0.5, 0.6) is 0 Å². The predicted octanol–water partition coefficient (Wildman–Crippen LogP) is 22.1. The van der Waals surface area contributed by atoms with Crippen LogP contribution in [0.3, 0.4) is 0 Å². The molecule has 0 bridgehead atoms. The molecule has 0 aromatic rings. The predicted molar refractivity (Wildman–Crippen MR) is 408 cm³/mol. The first-order valence-electron chi connectivity index (χ1n) is 38.1. The highest BCUT2D eigenvalue weighted by molar-refractivity contribution is 7.47. The van der Waals surface area contributed by atoms with Crippen LogP contribution in [0.15, 0.2) is 146 Å². The standard InChI is InChI=1S/C81H136O16P2/c1-4-7-10-13-16-19-22-25-27-29-31-32-33-34-35-36-37-38-39-40-41-42-44-46-47-50-52-55-58-61-64-67-79(84)91-70-76(82)71-93-98(87,88)94-72-77(83)73-95-99(89,90)96-75-78(97-81(86)69-66-63-60-57-54-49-24-21-18-15-12-9-6-3)74-92-80(85)68-65-62-59-56-53-51-48-45-43-30-28-26-23-20-17-14-11-8-5-2/h7-8,10-12,15-17,19-21,24-28,31-32,34-35,43,45,51,53,76-78,82-83H,4-6,9,13-14,18,22-23,29-30,33,36-42,44,46-50,52,54-75H2,1-3H3,(H,87,88)(H,89,90)/b10-7-,11-8-,15-12-,19-16-,20-17-,24-21-,27-25-,28-26-,32-31-,35-34-,45-43-,53-51-. The molecule has 0 saturated carbocycles. The zero-order chi connectivity index (χ0) is 72.3. The number of aliphatic hydroxyl groups is 2. The molecule has 0 radical (unpaired) electrons. The zero-order valence-corrected chi connectivity index (χ0v) is 63.4. The first kappa shape index (κ1) is 94.4. The average molecular weight is 1430 g/mol. The molecule has 0 aliphatic heterocycles. The van der Waals surface area contributed by atoms with E-state index in [4.69, 9.17) is 32.3 Å². The largest absolute Gasteiger partial charge is 0.472 e. The van der Waals surface area contributed by atoms with Crippen LogP contribution in [0.1, 0.15) is 290 Å². The summed E-state index contributed by atoms with van der Waals surface area (Å²) in [4.78, 5) is 58.5. The summed E-state index contributed by atoms with van der Waals surface area (Å²) in [5.74, 6) is -1.63. The highest BCUT2D eigenvalue weighted by Gasteiger charge is 2.29. The van der Waals surface area contributed by atoms with Crippen molar-refractivity contribution in [2.24, 2.45) is 0 Å². The normalized spacial score (nSPS) is 14.9. The van der Waals surface area contributed by atoms with Crippen molar-refractivity contribution in [3.63, 3.8) is 0 Å². The molecular weight excluding hydrogens is 1290 g/mol.